The molecule has 122 valence electrons. The first-order valence-corrected chi connectivity index (χ1v) is 6.89. The molecule has 0 unspecified atom stereocenters. The summed E-state index contributed by atoms with van der Waals surface area (Å²) in [5, 5.41) is 11.2. The third-order valence-corrected chi connectivity index (χ3v) is 3.29. The minimum Gasteiger partial charge on any atom is -0.480 e. The van der Waals surface area contributed by atoms with Crippen molar-refractivity contribution in [3.8, 4) is 5.75 Å². The first-order valence-electron chi connectivity index (χ1n) is 6.10. The molecule has 1 amide bonds. The van der Waals surface area contributed by atoms with Crippen molar-refractivity contribution in [1.29, 1.82) is 0 Å². The van der Waals surface area contributed by atoms with Crippen molar-refractivity contribution in [3.05, 3.63) is 28.2 Å². The summed E-state index contributed by atoms with van der Waals surface area (Å²) in [6.07, 6.45) is -4.90. The Bertz CT molecular complexity index is 575. The van der Waals surface area contributed by atoms with Gasteiger partial charge in [0.15, 0.2) is 0 Å². The summed E-state index contributed by atoms with van der Waals surface area (Å²) < 4.78 is 40.6. The SMILES string of the molecule is CC(C)[C@H](NC(=O)c1ccc(Br)c(OC(F)(F)F)c1)C(=O)O. The third kappa shape index (κ3) is 5.21. The number of carboxylic acid groups (broad SMARTS) is 1. The number of ether oxygens (including phenoxy) is 1. The summed E-state index contributed by atoms with van der Waals surface area (Å²) in [6.45, 7) is 3.19. The highest BCUT2D eigenvalue weighted by molar-refractivity contribution is 9.10. The van der Waals surface area contributed by atoms with Gasteiger partial charge in [0.25, 0.3) is 5.91 Å². The summed E-state index contributed by atoms with van der Waals surface area (Å²) in [6, 6.07) is 2.19. The van der Waals surface area contributed by atoms with Gasteiger partial charge in [-0.1, -0.05) is 13.8 Å². The molecule has 0 spiro atoms. The average molecular weight is 384 g/mol. The Hall–Kier alpha value is -1.77. The molecule has 9 heteroatoms. The second-order valence-electron chi connectivity index (χ2n) is 4.73. The van der Waals surface area contributed by atoms with E-state index >= 15 is 0 Å². The van der Waals surface area contributed by atoms with E-state index in [9.17, 15) is 22.8 Å². The van der Waals surface area contributed by atoms with E-state index in [0.717, 1.165) is 6.07 Å². The van der Waals surface area contributed by atoms with Crippen molar-refractivity contribution in [2.45, 2.75) is 26.3 Å². The Labute approximate surface area is 132 Å². The molecule has 1 aromatic rings. The van der Waals surface area contributed by atoms with Gasteiger partial charge in [0, 0.05) is 5.56 Å². The van der Waals surface area contributed by atoms with Crippen LogP contribution in [0.2, 0.25) is 0 Å². The molecule has 0 radical (unpaired) electrons. The second-order valence-corrected chi connectivity index (χ2v) is 5.58. The van der Waals surface area contributed by atoms with Gasteiger partial charge in [0.05, 0.1) is 4.47 Å². The molecule has 1 atom stereocenters. The van der Waals surface area contributed by atoms with E-state index in [4.69, 9.17) is 5.11 Å². The van der Waals surface area contributed by atoms with E-state index in [2.05, 4.69) is 26.0 Å². The number of rotatable bonds is 5. The molecule has 0 saturated carbocycles. The Morgan fingerprint density at radius 1 is 1.32 bits per heavy atom. The van der Waals surface area contributed by atoms with Crippen LogP contribution in [-0.4, -0.2) is 29.4 Å². The van der Waals surface area contributed by atoms with E-state index in [1.54, 1.807) is 13.8 Å². The largest absolute Gasteiger partial charge is 0.573 e. The Morgan fingerprint density at radius 2 is 1.91 bits per heavy atom. The zero-order valence-corrected chi connectivity index (χ0v) is 13.2. The summed E-state index contributed by atoms with van der Waals surface area (Å²) in [5.41, 5.74) is -0.144. The van der Waals surface area contributed by atoms with Crippen molar-refractivity contribution >= 4 is 27.8 Å². The number of halogens is 4. The Morgan fingerprint density at radius 3 is 2.36 bits per heavy atom. The van der Waals surface area contributed by atoms with Crippen LogP contribution in [0.25, 0.3) is 0 Å². The lowest BCUT2D eigenvalue weighted by atomic mass is 10.0. The number of hydrogen-bond donors (Lipinski definition) is 2. The Balaban J connectivity index is 2.99. The number of aliphatic carboxylic acids is 1. The minimum atomic E-state index is -4.90. The lowest BCUT2D eigenvalue weighted by Crippen LogP contribution is -2.44. The number of alkyl halides is 3. The summed E-state index contributed by atoms with van der Waals surface area (Å²) in [7, 11) is 0. The van der Waals surface area contributed by atoms with Crippen LogP contribution in [0.3, 0.4) is 0 Å². The van der Waals surface area contributed by atoms with Crippen molar-refractivity contribution in [2.24, 2.45) is 5.92 Å². The van der Waals surface area contributed by atoms with Gasteiger partial charge in [-0.05, 0) is 40.0 Å². The zero-order valence-electron chi connectivity index (χ0n) is 11.6. The monoisotopic (exact) mass is 383 g/mol. The molecule has 0 aliphatic carbocycles. The smallest absolute Gasteiger partial charge is 0.480 e. The highest BCUT2D eigenvalue weighted by Gasteiger charge is 2.32. The van der Waals surface area contributed by atoms with Gasteiger partial charge in [0.1, 0.15) is 11.8 Å². The molecule has 5 nitrogen and oxygen atoms in total. The maximum absolute atomic E-state index is 12.3. The zero-order chi connectivity index (χ0) is 17.1. The molecule has 0 fully saturated rings. The highest BCUT2D eigenvalue weighted by Crippen LogP contribution is 2.31. The van der Waals surface area contributed by atoms with Gasteiger partial charge >= 0.3 is 12.3 Å². The molecule has 1 rings (SSSR count). The van der Waals surface area contributed by atoms with Crippen LogP contribution in [0.15, 0.2) is 22.7 Å². The van der Waals surface area contributed by atoms with E-state index in [1.807, 2.05) is 0 Å². The van der Waals surface area contributed by atoms with Crippen LogP contribution in [0.1, 0.15) is 24.2 Å². The number of carbonyl (C=O) groups excluding carboxylic acids is 1. The van der Waals surface area contributed by atoms with Gasteiger partial charge in [-0.15, -0.1) is 13.2 Å². The van der Waals surface area contributed by atoms with E-state index in [1.165, 1.54) is 12.1 Å². The number of benzene rings is 1. The molecule has 0 aliphatic rings. The quantitative estimate of drug-likeness (QED) is 0.818. The molecule has 0 aromatic heterocycles. The van der Waals surface area contributed by atoms with Crippen molar-refractivity contribution in [2.75, 3.05) is 0 Å². The number of nitrogens with one attached hydrogen (secondary N) is 1. The van der Waals surface area contributed by atoms with Crippen molar-refractivity contribution in [1.82, 2.24) is 5.32 Å². The van der Waals surface area contributed by atoms with Crippen LogP contribution < -0.4 is 10.1 Å². The van der Waals surface area contributed by atoms with E-state index in [-0.39, 0.29) is 16.0 Å². The van der Waals surface area contributed by atoms with Crippen LogP contribution in [0, 0.1) is 5.92 Å². The fourth-order valence-corrected chi connectivity index (χ4v) is 1.91. The Kier molecular flexibility index (Phi) is 5.81. The fraction of sp³-hybridized carbons (Fsp3) is 0.385. The summed E-state index contributed by atoms with van der Waals surface area (Å²) >= 11 is 2.88. The van der Waals surface area contributed by atoms with Crippen molar-refractivity contribution in [3.63, 3.8) is 0 Å². The fourth-order valence-electron chi connectivity index (χ4n) is 1.59. The lowest BCUT2D eigenvalue weighted by Gasteiger charge is -2.18. The molecule has 0 bridgehead atoms. The van der Waals surface area contributed by atoms with Crippen LogP contribution in [0.5, 0.6) is 5.75 Å². The second kappa shape index (κ2) is 6.99. The predicted octanol–water partition coefficient (Wildman–Crippen LogP) is 3.19. The summed E-state index contributed by atoms with van der Waals surface area (Å²) in [5.74, 6) is -3.01. The number of carbonyl (C=O) groups is 2. The minimum absolute atomic E-state index is 0.0139. The maximum Gasteiger partial charge on any atom is 0.573 e. The van der Waals surface area contributed by atoms with E-state index < -0.39 is 30.0 Å². The third-order valence-electron chi connectivity index (χ3n) is 2.64. The molecule has 1 aromatic carbocycles. The van der Waals surface area contributed by atoms with Crippen LogP contribution in [0.4, 0.5) is 13.2 Å². The standard InChI is InChI=1S/C13H13BrF3NO4/c1-6(2)10(12(20)21)18-11(19)7-3-4-8(14)9(5-7)22-13(15,16)17/h3-6,10H,1-2H3,(H,18,19)(H,20,21)/t10-/m0/s1. The predicted molar refractivity (Wildman–Crippen MR) is 74.6 cm³/mol. The average Bonchev–Trinajstić information content (AvgIpc) is 2.35. The highest BCUT2D eigenvalue weighted by atomic mass is 79.9. The topological polar surface area (TPSA) is 75.6 Å². The van der Waals surface area contributed by atoms with Gasteiger partial charge in [-0.2, -0.15) is 0 Å². The first kappa shape index (κ1) is 18.3. The number of amides is 1. The molecule has 0 heterocycles. The van der Waals surface area contributed by atoms with Crippen molar-refractivity contribution < 1.29 is 32.6 Å². The first-order chi connectivity index (χ1) is 10.0. The molecular formula is C13H13BrF3NO4. The van der Waals surface area contributed by atoms with E-state index in [0.29, 0.717) is 0 Å². The maximum atomic E-state index is 12.3. The number of carboxylic acids is 1. The van der Waals surface area contributed by atoms with Crippen LogP contribution in [-0.2, 0) is 4.79 Å². The molecule has 22 heavy (non-hydrogen) atoms. The lowest BCUT2D eigenvalue weighted by molar-refractivity contribution is -0.274. The van der Waals surface area contributed by atoms with Gasteiger partial charge < -0.3 is 15.2 Å². The summed E-state index contributed by atoms with van der Waals surface area (Å²) in [4.78, 5) is 23.0. The number of hydrogen-bond acceptors (Lipinski definition) is 3. The molecule has 0 saturated heterocycles. The normalized spacial score (nSPS) is 12.9. The van der Waals surface area contributed by atoms with Gasteiger partial charge in [-0.3, -0.25) is 4.79 Å². The molecule has 0 aliphatic heterocycles. The molecular weight excluding hydrogens is 371 g/mol. The van der Waals surface area contributed by atoms with Crippen LogP contribution >= 0.6 is 15.9 Å². The molecule has 2 N–H and O–H groups in total. The van der Waals surface area contributed by atoms with Gasteiger partial charge in [-0.25, -0.2) is 4.79 Å². The van der Waals surface area contributed by atoms with Gasteiger partial charge in [0.2, 0.25) is 0 Å².